The number of anilines is 1. The Morgan fingerprint density at radius 1 is 1.14 bits per heavy atom. The van der Waals surface area contributed by atoms with Gasteiger partial charge in [0.1, 0.15) is 17.0 Å². The predicted molar refractivity (Wildman–Crippen MR) is 109 cm³/mol. The highest BCUT2D eigenvalue weighted by atomic mass is 32.1. The number of thiophene rings is 1. The monoisotopic (exact) mass is 428 g/mol. The normalized spacial score (nSPS) is 22.2. The Hall–Kier alpha value is -1.45. The van der Waals surface area contributed by atoms with Crippen molar-refractivity contribution in [2.24, 2.45) is 5.92 Å². The van der Waals surface area contributed by atoms with E-state index in [1.807, 2.05) is 0 Å². The fraction of sp³-hybridized carbons (Fsp3) is 0.700. The molecule has 4 heterocycles. The van der Waals surface area contributed by atoms with Crippen LogP contribution < -0.4 is 10.2 Å². The average molecular weight is 429 g/mol. The van der Waals surface area contributed by atoms with Crippen LogP contribution in [-0.4, -0.2) is 55.0 Å². The lowest BCUT2D eigenvalue weighted by Crippen LogP contribution is -2.36. The number of nitrogens with one attached hydrogen (secondary N) is 1. The van der Waals surface area contributed by atoms with Crippen LogP contribution in [0, 0.1) is 5.92 Å². The molecule has 2 aromatic rings. The van der Waals surface area contributed by atoms with Gasteiger partial charge in [-0.2, -0.15) is 13.2 Å². The van der Waals surface area contributed by atoms with Crippen molar-refractivity contribution in [2.45, 2.75) is 50.7 Å². The second-order valence-corrected chi connectivity index (χ2v) is 9.11. The zero-order valence-corrected chi connectivity index (χ0v) is 17.2. The summed E-state index contributed by atoms with van der Waals surface area (Å²) in [6.45, 7) is 4.49. The van der Waals surface area contributed by atoms with Crippen LogP contribution in [0.1, 0.15) is 37.0 Å². The highest BCUT2D eigenvalue weighted by Gasteiger charge is 2.29. The molecule has 0 aromatic carbocycles. The minimum atomic E-state index is -4.21. The summed E-state index contributed by atoms with van der Waals surface area (Å²) in [5, 5.41) is 4.47. The molecule has 0 radical (unpaired) electrons. The first kappa shape index (κ1) is 20.8. The molecular formula is C20H27F3N4OS. The summed E-state index contributed by atoms with van der Waals surface area (Å²) < 4.78 is 43.8. The molecule has 0 spiro atoms. The third-order valence-electron chi connectivity index (χ3n) is 5.80. The van der Waals surface area contributed by atoms with E-state index in [4.69, 9.17) is 4.74 Å². The number of hydrogen-bond acceptors (Lipinski definition) is 6. The fourth-order valence-electron chi connectivity index (χ4n) is 4.23. The van der Waals surface area contributed by atoms with Crippen LogP contribution in [0.2, 0.25) is 0 Å². The Labute approximate surface area is 172 Å². The number of halogens is 3. The lowest BCUT2D eigenvalue weighted by molar-refractivity contribution is -0.126. The van der Waals surface area contributed by atoms with Crippen molar-refractivity contribution < 1.29 is 17.9 Å². The molecule has 2 saturated heterocycles. The lowest BCUT2D eigenvalue weighted by Gasteiger charge is -2.25. The molecule has 0 aliphatic carbocycles. The number of nitrogens with zero attached hydrogens (tertiary/aromatic N) is 3. The molecule has 1 unspecified atom stereocenters. The molecule has 2 aliphatic heterocycles. The van der Waals surface area contributed by atoms with E-state index in [-0.39, 0.29) is 0 Å². The van der Waals surface area contributed by atoms with E-state index in [1.165, 1.54) is 6.33 Å². The maximum Gasteiger partial charge on any atom is 0.393 e. The SMILES string of the molecule is FC(F)(F)Cc1cc2c(N3CCCC(NCC4CCOCC4)CC3)ncnc2s1. The topological polar surface area (TPSA) is 50.3 Å². The van der Waals surface area contributed by atoms with E-state index in [9.17, 15) is 13.2 Å². The molecule has 1 atom stereocenters. The largest absolute Gasteiger partial charge is 0.393 e. The molecule has 2 fully saturated rings. The van der Waals surface area contributed by atoms with Gasteiger partial charge in [-0.25, -0.2) is 9.97 Å². The van der Waals surface area contributed by atoms with Gasteiger partial charge >= 0.3 is 6.18 Å². The van der Waals surface area contributed by atoms with Crippen LogP contribution in [0.3, 0.4) is 0 Å². The Kier molecular flexibility index (Phi) is 6.56. The molecule has 1 N–H and O–H groups in total. The third kappa shape index (κ3) is 5.58. The van der Waals surface area contributed by atoms with Gasteiger partial charge in [-0.3, -0.25) is 0 Å². The first-order valence-electron chi connectivity index (χ1n) is 10.3. The maximum absolute atomic E-state index is 12.8. The maximum atomic E-state index is 12.8. The van der Waals surface area contributed by atoms with Crippen molar-refractivity contribution >= 4 is 27.4 Å². The van der Waals surface area contributed by atoms with E-state index in [0.29, 0.717) is 21.7 Å². The highest BCUT2D eigenvalue weighted by molar-refractivity contribution is 7.18. The Bertz CT molecular complexity index is 807. The van der Waals surface area contributed by atoms with Gasteiger partial charge in [-0.05, 0) is 50.6 Å². The highest BCUT2D eigenvalue weighted by Crippen LogP contribution is 2.34. The molecule has 160 valence electrons. The van der Waals surface area contributed by atoms with Gasteiger partial charge in [0.25, 0.3) is 0 Å². The zero-order valence-electron chi connectivity index (χ0n) is 16.4. The van der Waals surface area contributed by atoms with E-state index >= 15 is 0 Å². The molecule has 2 aliphatic rings. The number of rotatable bonds is 5. The molecule has 0 bridgehead atoms. The van der Waals surface area contributed by atoms with E-state index in [2.05, 4.69) is 20.2 Å². The van der Waals surface area contributed by atoms with Crippen LogP contribution in [0.5, 0.6) is 0 Å². The molecule has 2 aromatic heterocycles. The van der Waals surface area contributed by atoms with Crippen molar-refractivity contribution in [3.8, 4) is 0 Å². The summed E-state index contributed by atoms with van der Waals surface area (Å²) in [5.41, 5.74) is 0. The Balaban J connectivity index is 1.40. The van der Waals surface area contributed by atoms with Gasteiger partial charge < -0.3 is 15.0 Å². The van der Waals surface area contributed by atoms with Crippen molar-refractivity contribution in [1.29, 1.82) is 0 Å². The first-order chi connectivity index (χ1) is 14.0. The van der Waals surface area contributed by atoms with Crippen molar-refractivity contribution in [3.05, 3.63) is 17.3 Å². The number of fused-ring (bicyclic) bond motifs is 1. The summed E-state index contributed by atoms with van der Waals surface area (Å²) >= 11 is 1.11. The quantitative estimate of drug-likeness (QED) is 0.775. The van der Waals surface area contributed by atoms with Gasteiger partial charge in [0, 0.05) is 37.2 Å². The van der Waals surface area contributed by atoms with E-state index < -0.39 is 12.6 Å². The van der Waals surface area contributed by atoms with Crippen LogP contribution in [-0.2, 0) is 11.2 Å². The van der Waals surface area contributed by atoms with Gasteiger partial charge in [0.2, 0.25) is 0 Å². The Morgan fingerprint density at radius 2 is 1.97 bits per heavy atom. The number of hydrogen-bond donors (Lipinski definition) is 1. The smallest absolute Gasteiger partial charge is 0.381 e. The van der Waals surface area contributed by atoms with E-state index in [1.54, 1.807) is 6.07 Å². The van der Waals surface area contributed by atoms with Crippen LogP contribution in [0.15, 0.2) is 12.4 Å². The average Bonchev–Trinajstić information content (AvgIpc) is 2.94. The summed E-state index contributed by atoms with van der Waals surface area (Å²) in [7, 11) is 0. The van der Waals surface area contributed by atoms with Crippen molar-refractivity contribution in [3.63, 3.8) is 0 Å². The van der Waals surface area contributed by atoms with Gasteiger partial charge in [0.15, 0.2) is 0 Å². The third-order valence-corrected chi connectivity index (χ3v) is 6.84. The standard InChI is InChI=1S/C20H27F3N4OS/c21-20(22,23)11-16-10-17-18(25-13-26-19(17)29-16)27-6-1-2-15(3-7-27)24-12-14-4-8-28-9-5-14/h10,13-15,24H,1-9,11-12H2. The van der Waals surface area contributed by atoms with Crippen molar-refractivity contribution in [2.75, 3.05) is 37.7 Å². The molecule has 0 saturated carbocycles. The summed E-state index contributed by atoms with van der Waals surface area (Å²) in [6.07, 6.45) is 1.76. The summed E-state index contributed by atoms with van der Waals surface area (Å²) in [5.74, 6) is 1.47. The molecule has 9 heteroatoms. The van der Waals surface area contributed by atoms with Gasteiger partial charge in [0.05, 0.1) is 11.8 Å². The van der Waals surface area contributed by atoms with Gasteiger partial charge in [-0.1, -0.05) is 0 Å². The fourth-order valence-corrected chi connectivity index (χ4v) is 5.25. The van der Waals surface area contributed by atoms with Crippen LogP contribution in [0.25, 0.3) is 10.2 Å². The van der Waals surface area contributed by atoms with Crippen LogP contribution in [0.4, 0.5) is 19.0 Å². The second kappa shape index (κ2) is 9.14. The van der Waals surface area contributed by atoms with Gasteiger partial charge in [-0.15, -0.1) is 11.3 Å². The van der Waals surface area contributed by atoms with E-state index in [0.717, 1.165) is 87.5 Å². The number of ether oxygens (including phenoxy) is 1. The minimum absolute atomic E-state index is 0.292. The molecule has 29 heavy (non-hydrogen) atoms. The summed E-state index contributed by atoms with van der Waals surface area (Å²) in [4.78, 5) is 11.8. The molecular weight excluding hydrogens is 401 g/mol. The molecule has 4 rings (SSSR count). The zero-order chi connectivity index (χ0) is 20.3. The predicted octanol–water partition coefficient (Wildman–Crippen LogP) is 4.17. The number of alkyl halides is 3. The van der Waals surface area contributed by atoms with Crippen LogP contribution >= 0.6 is 11.3 Å². The number of aromatic nitrogens is 2. The van der Waals surface area contributed by atoms with Crippen molar-refractivity contribution in [1.82, 2.24) is 15.3 Å². The molecule has 5 nitrogen and oxygen atoms in total. The molecule has 0 amide bonds. The lowest BCUT2D eigenvalue weighted by atomic mass is 9.99. The minimum Gasteiger partial charge on any atom is -0.381 e. The first-order valence-corrected chi connectivity index (χ1v) is 11.2. The Morgan fingerprint density at radius 3 is 2.76 bits per heavy atom. The summed E-state index contributed by atoms with van der Waals surface area (Å²) in [6, 6.07) is 2.10. The second-order valence-electron chi connectivity index (χ2n) is 8.00.